The molecule has 3 aromatic carbocycles. The molecule has 1 aliphatic heterocycles. The number of hydrogen-bond donors (Lipinski definition) is 1. The fourth-order valence-corrected chi connectivity index (χ4v) is 6.68. The largest absolute Gasteiger partial charge is 0.484 e. The summed E-state index contributed by atoms with van der Waals surface area (Å²) in [5.41, 5.74) is 12.9. The lowest BCUT2D eigenvalue weighted by molar-refractivity contribution is -0.136. The van der Waals surface area contributed by atoms with E-state index >= 15 is 0 Å². The van der Waals surface area contributed by atoms with Crippen molar-refractivity contribution < 1.29 is 23.3 Å². The van der Waals surface area contributed by atoms with E-state index in [4.69, 9.17) is 35.9 Å². The number of carbonyl (C=O) groups is 1. The van der Waals surface area contributed by atoms with Crippen LogP contribution in [0, 0.1) is 19.8 Å². The van der Waals surface area contributed by atoms with Gasteiger partial charge < -0.3 is 24.3 Å². The van der Waals surface area contributed by atoms with Gasteiger partial charge in [-0.25, -0.2) is 4.79 Å². The third-order valence-corrected chi connectivity index (χ3v) is 9.31. The molecule has 0 bridgehead atoms. The van der Waals surface area contributed by atoms with E-state index in [9.17, 15) is 4.79 Å². The minimum atomic E-state index is -1.17. The second-order valence-corrected chi connectivity index (χ2v) is 13.2. The molecule has 41 heavy (non-hydrogen) atoms. The summed E-state index contributed by atoms with van der Waals surface area (Å²) in [7, 11) is -1.17. The third-order valence-electron chi connectivity index (χ3n) is 7.78. The molecule has 3 unspecified atom stereocenters. The summed E-state index contributed by atoms with van der Waals surface area (Å²) in [5.74, 6) is 1.54. The van der Waals surface area contributed by atoms with Crippen molar-refractivity contribution in [2.24, 2.45) is 11.7 Å². The van der Waals surface area contributed by atoms with E-state index in [1.807, 2.05) is 36.4 Å². The number of hydrogen-bond acceptors (Lipinski definition) is 6. The highest BCUT2D eigenvalue weighted by atomic mass is 35.5. The Hall–Kier alpha value is -2.47. The summed E-state index contributed by atoms with van der Waals surface area (Å²) in [6.07, 6.45) is 3.90. The Morgan fingerprint density at radius 2 is 1.83 bits per heavy atom. The van der Waals surface area contributed by atoms with Crippen molar-refractivity contribution in [2.45, 2.75) is 71.4 Å². The second-order valence-electron chi connectivity index (χ2n) is 11.4. The van der Waals surface area contributed by atoms with E-state index in [-0.39, 0.29) is 23.9 Å². The number of esters is 1. The fourth-order valence-electron chi connectivity index (χ4n) is 5.21. The van der Waals surface area contributed by atoms with Crippen LogP contribution in [0.2, 0.25) is 5.02 Å². The smallest absolute Gasteiger partial charge is 0.328 e. The molecule has 0 radical (unpaired) electrons. The molecule has 6 nitrogen and oxygen atoms in total. The summed E-state index contributed by atoms with van der Waals surface area (Å²) in [6.45, 7) is 9.08. The maximum atomic E-state index is 12.5. The molecule has 3 atom stereocenters. The molecule has 8 heteroatoms. The maximum Gasteiger partial charge on any atom is 0.328 e. The predicted octanol–water partition coefficient (Wildman–Crippen LogP) is 8.14. The molecule has 0 spiro atoms. The number of halogens is 1. The second kappa shape index (κ2) is 13.2. The standard InChI is InChI=1S/C33H39ClNO5P/c1-20(2)28-16-23(8-11-31(28)39-33(36)32(35)24-9-10-24)17-29-21(3)14-27(15-22(29)4)37-19-41-38-13-12-30(40-41)25-6-5-7-26(34)18-25/h5-8,11,14-16,18,20,24,30,32H,9-10,12-13,17,19,35H2,1-4H3. The van der Waals surface area contributed by atoms with Crippen molar-refractivity contribution in [3.05, 3.63) is 93.0 Å². The first-order valence-electron chi connectivity index (χ1n) is 14.3. The molecule has 5 rings (SSSR count). The molecule has 2 aliphatic rings. The lowest BCUT2D eigenvalue weighted by atomic mass is 9.93. The van der Waals surface area contributed by atoms with Crippen molar-refractivity contribution in [3.8, 4) is 11.5 Å². The number of ether oxygens (including phenoxy) is 2. The van der Waals surface area contributed by atoms with Crippen LogP contribution in [0.5, 0.6) is 11.5 Å². The van der Waals surface area contributed by atoms with Crippen LogP contribution in [-0.4, -0.2) is 25.0 Å². The Kier molecular flexibility index (Phi) is 9.68. The molecule has 1 aliphatic carbocycles. The molecule has 3 aromatic rings. The molecular weight excluding hydrogens is 557 g/mol. The average Bonchev–Trinajstić information content (AvgIpc) is 3.80. The van der Waals surface area contributed by atoms with Gasteiger partial charge in [-0.05, 0) is 109 Å². The van der Waals surface area contributed by atoms with E-state index in [1.165, 1.54) is 11.1 Å². The van der Waals surface area contributed by atoms with Gasteiger partial charge in [0.25, 0.3) is 0 Å². The Morgan fingerprint density at radius 3 is 2.51 bits per heavy atom. The van der Waals surface area contributed by atoms with Crippen molar-refractivity contribution in [3.63, 3.8) is 0 Å². The van der Waals surface area contributed by atoms with Crippen molar-refractivity contribution in [1.29, 1.82) is 0 Å². The van der Waals surface area contributed by atoms with E-state index < -0.39 is 14.4 Å². The van der Waals surface area contributed by atoms with Crippen LogP contribution in [0.25, 0.3) is 0 Å². The molecule has 2 N–H and O–H groups in total. The number of carbonyl (C=O) groups excluding carboxylic acids is 1. The zero-order valence-electron chi connectivity index (χ0n) is 24.2. The highest BCUT2D eigenvalue weighted by molar-refractivity contribution is 7.47. The summed E-state index contributed by atoms with van der Waals surface area (Å²) < 4.78 is 24.0. The van der Waals surface area contributed by atoms with Gasteiger partial charge in [0, 0.05) is 11.4 Å². The lowest BCUT2D eigenvalue weighted by Crippen LogP contribution is -2.36. The number of aryl methyl sites for hydroxylation is 2. The van der Waals surface area contributed by atoms with Crippen LogP contribution < -0.4 is 15.2 Å². The fraction of sp³-hybridized carbons (Fsp3) is 0.424. The zero-order chi connectivity index (χ0) is 29.1. The molecule has 0 amide bonds. The van der Waals surface area contributed by atoms with Gasteiger partial charge in [0.05, 0.1) is 12.7 Å². The summed E-state index contributed by atoms with van der Waals surface area (Å²) in [4.78, 5) is 12.5. The van der Waals surface area contributed by atoms with Crippen LogP contribution >= 0.6 is 20.0 Å². The molecule has 1 heterocycles. The zero-order valence-corrected chi connectivity index (χ0v) is 25.8. The predicted molar refractivity (Wildman–Crippen MR) is 164 cm³/mol. The van der Waals surface area contributed by atoms with E-state index in [0.717, 1.165) is 53.7 Å². The lowest BCUT2D eigenvalue weighted by Gasteiger charge is -2.29. The van der Waals surface area contributed by atoms with Crippen LogP contribution in [0.4, 0.5) is 0 Å². The number of nitrogens with two attached hydrogens (primary N) is 1. The van der Waals surface area contributed by atoms with Gasteiger partial charge >= 0.3 is 5.97 Å². The van der Waals surface area contributed by atoms with Gasteiger partial charge in [-0.2, -0.15) is 0 Å². The Balaban J connectivity index is 1.23. The van der Waals surface area contributed by atoms with Crippen LogP contribution in [0.1, 0.15) is 78.5 Å². The van der Waals surface area contributed by atoms with Gasteiger partial charge in [0.15, 0.2) is 6.35 Å². The van der Waals surface area contributed by atoms with E-state index in [0.29, 0.717) is 23.7 Å². The van der Waals surface area contributed by atoms with E-state index in [2.05, 4.69) is 45.9 Å². The van der Waals surface area contributed by atoms with Crippen molar-refractivity contribution in [1.82, 2.24) is 0 Å². The van der Waals surface area contributed by atoms with Gasteiger partial charge in [0.2, 0.25) is 8.38 Å². The first-order valence-corrected chi connectivity index (χ1v) is 16.1. The molecule has 1 saturated carbocycles. The summed E-state index contributed by atoms with van der Waals surface area (Å²) in [6, 6.07) is 17.5. The van der Waals surface area contributed by atoms with Crippen LogP contribution in [0.3, 0.4) is 0 Å². The Bertz CT molecular complexity index is 1370. The first kappa shape index (κ1) is 30.0. The molecular formula is C33H39ClNO5P. The number of rotatable bonds is 10. The van der Waals surface area contributed by atoms with Crippen LogP contribution in [-0.2, 0) is 20.3 Å². The molecule has 2 fully saturated rings. The summed E-state index contributed by atoms with van der Waals surface area (Å²) >= 11 is 6.17. The quantitative estimate of drug-likeness (QED) is 0.145. The van der Waals surface area contributed by atoms with Crippen molar-refractivity contribution >= 4 is 25.9 Å². The average molecular weight is 596 g/mol. The SMILES string of the molecule is Cc1cc(OCP2OCCC(c3cccc(Cl)c3)O2)cc(C)c1Cc1ccc(OC(=O)C(N)C2CC2)c(C(C)C)c1. The van der Waals surface area contributed by atoms with Gasteiger partial charge in [-0.1, -0.05) is 49.7 Å². The van der Waals surface area contributed by atoms with Gasteiger partial charge in [-0.3, -0.25) is 0 Å². The highest BCUT2D eigenvalue weighted by Gasteiger charge is 2.35. The maximum absolute atomic E-state index is 12.5. The van der Waals surface area contributed by atoms with Gasteiger partial charge in [-0.15, -0.1) is 0 Å². The molecule has 0 aromatic heterocycles. The first-order chi connectivity index (χ1) is 19.7. The topological polar surface area (TPSA) is 80.0 Å². The van der Waals surface area contributed by atoms with E-state index in [1.54, 1.807) is 0 Å². The highest BCUT2D eigenvalue weighted by Crippen LogP contribution is 2.49. The minimum absolute atomic E-state index is 0.0384. The Labute approximate surface area is 249 Å². The van der Waals surface area contributed by atoms with Gasteiger partial charge in [0.1, 0.15) is 17.5 Å². The van der Waals surface area contributed by atoms with Crippen LogP contribution in [0.15, 0.2) is 54.6 Å². The normalized spacial score (nSPS) is 19.7. The number of benzene rings is 3. The Morgan fingerprint density at radius 1 is 1.07 bits per heavy atom. The monoisotopic (exact) mass is 595 g/mol. The van der Waals surface area contributed by atoms with Crippen molar-refractivity contribution in [2.75, 3.05) is 13.0 Å². The minimum Gasteiger partial charge on any atom is -0.484 e. The molecule has 1 saturated heterocycles. The molecule has 218 valence electrons. The third kappa shape index (κ3) is 7.68. The summed E-state index contributed by atoms with van der Waals surface area (Å²) in [5, 5.41) is 0.706.